The Hall–Kier alpha value is -0.830. The maximum Gasteiger partial charge on any atom is 0.320 e. The number of carboxylic acids is 1. The molecule has 1 heterocycles. The lowest BCUT2D eigenvalue weighted by Crippen LogP contribution is -2.37. The molecule has 3 heteroatoms. The fourth-order valence-corrected chi connectivity index (χ4v) is 2.66. The lowest BCUT2D eigenvalue weighted by atomic mass is 9.82. The molecular weight excluding hydrogens is 178 g/mol. The molecule has 2 aliphatic rings. The first kappa shape index (κ1) is 9.71. The van der Waals surface area contributed by atoms with Crippen molar-refractivity contribution < 1.29 is 9.90 Å². The Balaban J connectivity index is 2.01. The molecular formula is C11H17NO2. The third kappa shape index (κ3) is 1.69. The van der Waals surface area contributed by atoms with E-state index >= 15 is 0 Å². The van der Waals surface area contributed by atoms with Gasteiger partial charge >= 0.3 is 5.97 Å². The van der Waals surface area contributed by atoms with E-state index in [1.807, 2.05) is 0 Å². The summed E-state index contributed by atoms with van der Waals surface area (Å²) in [4.78, 5) is 10.8. The summed E-state index contributed by atoms with van der Waals surface area (Å²) in [6.45, 7) is 2.07. The van der Waals surface area contributed by atoms with Crippen LogP contribution in [0.1, 0.15) is 32.6 Å². The number of hydrogen-bond donors (Lipinski definition) is 2. The van der Waals surface area contributed by atoms with Crippen LogP contribution < -0.4 is 5.32 Å². The molecule has 0 aromatic rings. The summed E-state index contributed by atoms with van der Waals surface area (Å²) in [5.74, 6) is -0.110. The second-order valence-corrected chi connectivity index (χ2v) is 4.35. The van der Waals surface area contributed by atoms with Crippen molar-refractivity contribution in [3.8, 4) is 0 Å². The van der Waals surface area contributed by atoms with Crippen LogP contribution in [0.3, 0.4) is 0 Å². The highest BCUT2D eigenvalue weighted by molar-refractivity contribution is 5.74. The molecule has 2 N–H and O–H groups in total. The molecule has 0 aromatic carbocycles. The molecule has 0 amide bonds. The smallest absolute Gasteiger partial charge is 0.320 e. The number of fused-ring (bicyclic) bond motifs is 1. The van der Waals surface area contributed by atoms with Crippen LogP contribution in [0.4, 0.5) is 0 Å². The van der Waals surface area contributed by atoms with Gasteiger partial charge in [0.15, 0.2) is 0 Å². The van der Waals surface area contributed by atoms with Gasteiger partial charge in [0, 0.05) is 6.04 Å². The molecule has 0 bridgehead atoms. The van der Waals surface area contributed by atoms with E-state index in [4.69, 9.17) is 5.11 Å². The highest BCUT2D eigenvalue weighted by Gasteiger charge is 2.39. The van der Waals surface area contributed by atoms with Crippen molar-refractivity contribution in [1.82, 2.24) is 5.32 Å². The van der Waals surface area contributed by atoms with Crippen LogP contribution in [-0.4, -0.2) is 23.2 Å². The van der Waals surface area contributed by atoms with Crippen LogP contribution in [0.2, 0.25) is 0 Å². The van der Waals surface area contributed by atoms with Crippen molar-refractivity contribution in [3.05, 3.63) is 11.6 Å². The number of carbonyl (C=O) groups is 1. The van der Waals surface area contributed by atoms with E-state index in [1.54, 1.807) is 0 Å². The summed E-state index contributed by atoms with van der Waals surface area (Å²) in [5, 5.41) is 12.1. The van der Waals surface area contributed by atoms with Gasteiger partial charge in [-0.1, -0.05) is 11.6 Å². The van der Waals surface area contributed by atoms with E-state index < -0.39 is 5.97 Å². The van der Waals surface area contributed by atoms with E-state index in [1.165, 1.54) is 5.57 Å². The standard InChI is InChI=1S/C11H17NO2/c1-2-7-3-4-8-6-10(11(13)14)12-9(8)5-7/h2,8-10,12H,3-6H2,1H3,(H,13,14). The minimum Gasteiger partial charge on any atom is -0.480 e. The first-order valence-corrected chi connectivity index (χ1v) is 5.33. The number of rotatable bonds is 1. The Labute approximate surface area is 84.2 Å². The molecule has 2 rings (SSSR count). The molecule has 1 saturated carbocycles. The van der Waals surface area contributed by atoms with Crippen molar-refractivity contribution in [2.24, 2.45) is 5.92 Å². The Kier molecular flexibility index (Phi) is 2.59. The monoisotopic (exact) mass is 195 g/mol. The van der Waals surface area contributed by atoms with Crippen molar-refractivity contribution in [2.45, 2.75) is 44.7 Å². The van der Waals surface area contributed by atoms with Gasteiger partial charge < -0.3 is 10.4 Å². The average molecular weight is 195 g/mol. The fourth-order valence-electron chi connectivity index (χ4n) is 2.66. The number of hydrogen-bond acceptors (Lipinski definition) is 2. The second-order valence-electron chi connectivity index (χ2n) is 4.35. The third-order valence-electron chi connectivity index (χ3n) is 3.55. The molecule has 78 valence electrons. The van der Waals surface area contributed by atoms with Gasteiger partial charge in [-0.2, -0.15) is 0 Å². The zero-order valence-electron chi connectivity index (χ0n) is 8.49. The SMILES string of the molecule is CC=C1CCC2CC(C(=O)O)NC2C1. The lowest BCUT2D eigenvalue weighted by molar-refractivity contribution is -0.139. The largest absolute Gasteiger partial charge is 0.480 e. The summed E-state index contributed by atoms with van der Waals surface area (Å²) in [7, 11) is 0. The average Bonchev–Trinajstić information content (AvgIpc) is 2.59. The highest BCUT2D eigenvalue weighted by atomic mass is 16.4. The summed E-state index contributed by atoms with van der Waals surface area (Å²) in [5.41, 5.74) is 1.48. The second kappa shape index (κ2) is 3.73. The van der Waals surface area contributed by atoms with Crippen molar-refractivity contribution in [3.63, 3.8) is 0 Å². The Bertz CT molecular complexity index is 272. The summed E-state index contributed by atoms with van der Waals surface area (Å²) >= 11 is 0. The van der Waals surface area contributed by atoms with Gasteiger partial charge in [-0.15, -0.1) is 0 Å². The molecule has 1 aliphatic heterocycles. The zero-order chi connectivity index (χ0) is 10.1. The maximum absolute atomic E-state index is 10.8. The zero-order valence-corrected chi connectivity index (χ0v) is 8.49. The number of nitrogens with one attached hydrogen (secondary N) is 1. The Morgan fingerprint density at radius 3 is 3.07 bits per heavy atom. The van der Waals surface area contributed by atoms with E-state index in [0.29, 0.717) is 12.0 Å². The minimum absolute atomic E-state index is 0.304. The summed E-state index contributed by atoms with van der Waals surface area (Å²) in [6.07, 6.45) is 6.35. The number of allylic oxidation sites excluding steroid dienone is 1. The van der Waals surface area contributed by atoms with Crippen LogP contribution in [-0.2, 0) is 4.79 Å². The molecule has 3 atom stereocenters. The van der Waals surface area contributed by atoms with Crippen LogP contribution in [0.5, 0.6) is 0 Å². The van der Waals surface area contributed by atoms with E-state index in [9.17, 15) is 4.79 Å². The minimum atomic E-state index is -0.693. The molecule has 14 heavy (non-hydrogen) atoms. The topological polar surface area (TPSA) is 49.3 Å². The molecule has 2 fully saturated rings. The van der Waals surface area contributed by atoms with Gasteiger partial charge in [-0.3, -0.25) is 4.79 Å². The number of carboxylic acid groups (broad SMARTS) is 1. The summed E-state index contributed by atoms with van der Waals surface area (Å²) in [6, 6.07) is 0.109. The molecule has 0 radical (unpaired) electrons. The molecule has 0 aromatic heterocycles. The van der Waals surface area contributed by atoms with Gasteiger partial charge in [0.2, 0.25) is 0 Å². The molecule has 0 spiro atoms. The first-order chi connectivity index (χ1) is 6.70. The van der Waals surface area contributed by atoms with Gasteiger partial charge in [0.25, 0.3) is 0 Å². The van der Waals surface area contributed by atoms with E-state index in [-0.39, 0.29) is 6.04 Å². The lowest BCUT2D eigenvalue weighted by Gasteiger charge is -2.26. The quantitative estimate of drug-likeness (QED) is 0.624. The molecule has 1 aliphatic carbocycles. The van der Waals surface area contributed by atoms with Crippen molar-refractivity contribution >= 4 is 5.97 Å². The van der Waals surface area contributed by atoms with Gasteiger partial charge in [0.1, 0.15) is 6.04 Å². The van der Waals surface area contributed by atoms with Crippen LogP contribution in [0.25, 0.3) is 0 Å². The Morgan fingerprint density at radius 1 is 1.64 bits per heavy atom. The summed E-state index contributed by atoms with van der Waals surface area (Å²) < 4.78 is 0. The van der Waals surface area contributed by atoms with Gasteiger partial charge in [-0.25, -0.2) is 0 Å². The third-order valence-corrected chi connectivity index (χ3v) is 3.55. The van der Waals surface area contributed by atoms with Gasteiger partial charge in [-0.05, 0) is 38.5 Å². The van der Waals surface area contributed by atoms with Crippen LogP contribution in [0.15, 0.2) is 11.6 Å². The first-order valence-electron chi connectivity index (χ1n) is 5.33. The van der Waals surface area contributed by atoms with Crippen molar-refractivity contribution in [1.29, 1.82) is 0 Å². The normalized spacial score (nSPS) is 39.8. The number of aliphatic carboxylic acids is 1. The predicted molar refractivity (Wildman–Crippen MR) is 54.1 cm³/mol. The maximum atomic E-state index is 10.8. The Morgan fingerprint density at radius 2 is 2.43 bits per heavy atom. The van der Waals surface area contributed by atoms with E-state index in [0.717, 1.165) is 25.7 Å². The fraction of sp³-hybridized carbons (Fsp3) is 0.727. The molecule has 1 saturated heterocycles. The van der Waals surface area contributed by atoms with Crippen LogP contribution >= 0.6 is 0 Å². The highest BCUT2D eigenvalue weighted by Crippen LogP contribution is 2.35. The molecule has 3 unspecified atom stereocenters. The predicted octanol–water partition coefficient (Wildman–Crippen LogP) is 1.55. The van der Waals surface area contributed by atoms with E-state index in [2.05, 4.69) is 18.3 Å². The van der Waals surface area contributed by atoms with Gasteiger partial charge in [0.05, 0.1) is 0 Å². The van der Waals surface area contributed by atoms with Crippen molar-refractivity contribution in [2.75, 3.05) is 0 Å². The van der Waals surface area contributed by atoms with Crippen LogP contribution in [0, 0.1) is 5.92 Å². The molecule has 3 nitrogen and oxygen atoms in total.